The number of benzene rings is 2. The maximum atomic E-state index is 13.1. The van der Waals surface area contributed by atoms with Crippen LogP contribution in [0.2, 0.25) is 0 Å². The molecule has 162 valence electrons. The number of unbranched alkanes of at least 4 members (excludes halogenated alkanes) is 1. The van der Waals surface area contributed by atoms with E-state index >= 15 is 0 Å². The molecule has 1 atom stereocenters. The monoisotopic (exact) mass is 424 g/mol. The summed E-state index contributed by atoms with van der Waals surface area (Å²) < 4.78 is 25.7. The first-order valence-electron chi connectivity index (χ1n) is 10.2. The van der Waals surface area contributed by atoms with E-state index in [0.29, 0.717) is 29.1 Å². The molecule has 0 fully saturated rings. The van der Waals surface area contributed by atoms with Gasteiger partial charge in [0.15, 0.2) is 5.75 Å². The summed E-state index contributed by atoms with van der Waals surface area (Å²) in [4.78, 5) is 24.2. The van der Waals surface area contributed by atoms with Crippen molar-refractivity contribution in [1.82, 2.24) is 9.78 Å². The van der Waals surface area contributed by atoms with Crippen LogP contribution in [0.25, 0.3) is 5.69 Å². The molecule has 7 heteroatoms. The third kappa shape index (κ3) is 5.78. The first-order valence-corrected chi connectivity index (χ1v) is 10.2. The van der Waals surface area contributed by atoms with Crippen molar-refractivity contribution in [3.8, 4) is 11.4 Å². The van der Waals surface area contributed by atoms with Crippen molar-refractivity contribution in [2.24, 2.45) is 0 Å². The van der Waals surface area contributed by atoms with Crippen LogP contribution in [0.3, 0.4) is 0 Å². The Hall–Kier alpha value is -3.48. The second kappa shape index (κ2) is 10.0. The number of aryl methyl sites for hydroxylation is 1. The summed E-state index contributed by atoms with van der Waals surface area (Å²) in [5.41, 5.74) is 2.26. The second-order valence-electron chi connectivity index (χ2n) is 7.26. The summed E-state index contributed by atoms with van der Waals surface area (Å²) >= 11 is 0. The predicted molar refractivity (Wildman–Crippen MR) is 114 cm³/mol. The number of halogens is 1. The number of aromatic nitrogens is 2. The van der Waals surface area contributed by atoms with Gasteiger partial charge in [0.25, 0.3) is 0 Å². The molecule has 3 rings (SSSR count). The molecule has 0 radical (unpaired) electrons. The fourth-order valence-corrected chi connectivity index (χ4v) is 3.18. The fraction of sp³-hybridized carbons (Fsp3) is 0.292. The number of carbonyl (C=O) groups is 2. The van der Waals surface area contributed by atoms with Gasteiger partial charge in [0.1, 0.15) is 17.6 Å². The summed E-state index contributed by atoms with van der Waals surface area (Å²) in [6.07, 6.45) is 3.71. The number of hydrogen-bond donors (Lipinski definition) is 0. The molecule has 0 spiro atoms. The van der Waals surface area contributed by atoms with Crippen molar-refractivity contribution in [2.75, 3.05) is 0 Å². The molecule has 0 aliphatic carbocycles. The molecular formula is C24H25FN2O4. The number of hydrogen-bond acceptors (Lipinski definition) is 5. The minimum atomic E-state index is -0.541. The van der Waals surface area contributed by atoms with Crippen molar-refractivity contribution >= 4 is 11.9 Å². The van der Waals surface area contributed by atoms with E-state index in [0.717, 1.165) is 18.4 Å². The Morgan fingerprint density at radius 3 is 2.58 bits per heavy atom. The molecule has 0 saturated carbocycles. The molecule has 1 aromatic heterocycles. The third-order valence-electron chi connectivity index (χ3n) is 4.77. The lowest BCUT2D eigenvalue weighted by Crippen LogP contribution is -2.12. The third-order valence-corrected chi connectivity index (χ3v) is 4.77. The summed E-state index contributed by atoms with van der Waals surface area (Å²) in [5.74, 6) is -0.939. The van der Waals surface area contributed by atoms with Gasteiger partial charge < -0.3 is 9.47 Å². The van der Waals surface area contributed by atoms with Gasteiger partial charge in [-0.15, -0.1) is 0 Å². The molecule has 2 aromatic carbocycles. The average molecular weight is 424 g/mol. The van der Waals surface area contributed by atoms with Crippen LogP contribution in [0.1, 0.15) is 60.8 Å². The molecule has 1 heterocycles. The minimum absolute atomic E-state index is 0.308. The minimum Gasteiger partial charge on any atom is -0.458 e. The van der Waals surface area contributed by atoms with Crippen LogP contribution in [-0.2, 0) is 9.53 Å². The van der Waals surface area contributed by atoms with E-state index in [1.165, 1.54) is 23.7 Å². The number of esters is 2. The number of carbonyl (C=O) groups excluding carboxylic acids is 2. The molecule has 0 N–H and O–H groups in total. The molecule has 0 amide bonds. The Bertz CT molecular complexity index is 1060. The van der Waals surface area contributed by atoms with Crippen LogP contribution in [0, 0.1) is 12.7 Å². The molecule has 31 heavy (non-hydrogen) atoms. The van der Waals surface area contributed by atoms with Crippen LogP contribution >= 0.6 is 0 Å². The normalized spacial score (nSPS) is 11.7. The van der Waals surface area contributed by atoms with Crippen LogP contribution in [-0.4, -0.2) is 21.7 Å². The van der Waals surface area contributed by atoms with Gasteiger partial charge in [0, 0.05) is 6.92 Å². The largest absolute Gasteiger partial charge is 0.458 e. The topological polar surface area (TPSA) is 70.4 Å². The lowest BCUT2D eigenvalue weighted by Gasteiger charge is -2.17. The molecule has 6 nitrogen and oxygen atoms in total. The average Bonchev–Trinajstić information content (AvgIpc) is 3.11. The van der Waals surface area contributed by atoms with Gasteiger partial charge >= 0.3 is 11.9 Å². The lowest BCUT2D eigenvalue weighted by atomic mass is 10.0. The zero-order valence-corrected chi connectivity index (χ0v) is 17.8. The highest BCUT2D eigenvalue weighted by Gasteiger charge is 2.18. The van der Waals surface area contributed by atoms with E-state index < -0.39 is 12.1 Å². The van der Waals surface area contributed by atoms with Crippen molar-refractivity contribution < 1.29 is 23.5 Å². The highest BCUT2D eigenvalue weighted by atomic mass is 19.1. The smallest absolute Gasteiger partial charge is 0.343 e. The molecular weight excluding hydrogens is 399 g/mol. The van der Waals surface area contributed by atoms with Crippen LogP contribution in [0.5, 0.6) is 5.75 Å². The first kappa shape index (κ1) is 22.2. The molecule has 0 unspecified atom stereocenters. The van der Waals surface area contributed by atoms with Gasteiger partial charge in [-0.1, -0.05) is 25.5 Å². The van der Waals surface area contributed by atoms with E-state index in [9.17, 15) is 14.0 Å². The fourth-order valence-electron chi connectivity index (χ4n) is 3.18. The maximum Gasteiger partial charge on any atom is 0.343 e. The van der Waals surface area contributed by atoms with E-state index in [4.69, 9.17) is 9.47 Å². The van der Waals surface area contributed by atoms with Gasteiger partial charge in [-0.25, -0.2) is 13.9 Å². The summed E-state index contributed by atoms with van der Waals surface area (Å²) in [7, 11) is 0. The molecule has 0 saturated heterocycles. The highest BCUT2D eigenvalue weighted by Crippen LogP contribution is 2.26. The molecule has 0 bridgehead atoms. The first-order chi connectivity index (χ1) is 14.9. The van der Waals surface area contributed by atoms with Crippen LogP contribution < -0.4 is 4.74 Å². The summed E-state index contributed by atoms with van der Waals surface area (Å²) in [6.45, 7) is 5.16. The van der Waals surface area contributed by atoms with E-state index in [1.807, 2.05) is 6.07 Å². The number of nitrogens with zero attached hydrogens (tertiary/aromatic N) is 2. The van der Waals surface area contributed by atoms with Gasteiger partial charge in [-0.3, -0.25) is 4.79 Å². The van der Waals surface area contributed by atoms with Gasteiger partial charge in [-0.05, 0) is 61.7 Å². The Morgan fingerprint density at radius 1 is 1.16 bits per heavy atom. The van der Waals surface area contributed by atoms with Crippen LogP contribution in [0.4, 0.5) is 4.39 Å². The standard InChI is InChI=1S/C24H25FN2O4/c1-4-5-9-22(30-17(3)28)18-7-6-8-19(14-18)24(29)31-23-15-27(26-16(23)2)21-12-10-20(25)11-13-21/h6-8,10-15,22H,4-5,9H2,1-3H3/t22-/m1/s1. The van der Waals surface area contributed by atoms with E-state index in [2.05, 4.69) is 12.0 Å². The van der Waals surface area contributed by atoms with Crippen molar-refractivity contribution in [3.05, 3.63) is 77.4 Å². The number of rotatable bonds is 8. The highest BCUT2D eigenvalue weighted by molar-refractivity contribution is 5.91. The second-order valence-corrected chi connectivity index (χ2v) is 7.26. The van der Waals surface area contributed by atoms with Crippen molar-refractivity contribution in [3.63, 3.8) is 0 Å². The Kier molecular flexibility index (Phi) is 7.18. The summed E-state index contributed by atoms with van der Waals surface area (Å²) in [5, 5.41) is 4.33. The van der Waals surface area contributed by atoms with Crippen molar-refractivity contribution in [1.29, 1.82) is 0 Å². The number of ether oxygens (including phenoxy) is 2. The van der Waals surface area contributed by atoms with Crippen molar-refractivity contribution in [2.45, 2.75) is 46.1 Å². The molecule has 0 aliphatic rings. The zero-order chi connectivity index (χ0) is 22.4. The maximum absolute atomic E-state index is 13.1. The quantitative estimate of drug-likeness (QED) is 0.457. The van der Waals surface area contributed by atoms with Gasteiger partial charge in [0.2, 0.25) is 0 Å². The summed E-state index contributed by atoms with van der Waals surface area (Å²) in [6, 6.07) is 12.7. The Labute approximate surface area is 180 Å². The predicted octanol–water partition coefficient (Wildman–Crippen LogP) is 5.33. The molecule has 0 aliphatic heterocycles. The SMILES string of the molecule is CCCC[C@@H](OC(C)=O)c1cccc(C(=O)Oc2cn(-c3ccc(F)cc3)nc2C)c1. The van der Waals surface area contributed by atoms with Crippen LogP contribution in [0.15, 0.2) is 54.7 Å². The van der Waals surface area contributed by atoms with Gasteiger partial charge in [0.05, 0.1) is 17.4 Å². The Morgan fingerprint density at radius 2 is 1.90 bits per heavy atom. The lowest BCUT2D eigenvalue weighted by molar-refractivity contribution is -0.147. The van der Waals surface area contributed by atoms with Gasteiger partial charge in [-0.2, -0.15) is 5.10 Å². The molecule has 3 aromatic rings. The zero-order valence-electron chi connectivity index (χ0n) is 17.8. The Balaban J connectivity index is 1.78. The van der Waals surface area contributed by atoms with E-state index in [1.54, 1.807) is 43.5 Å². The van der Waals surface area contributed by atoms with E-state index in [-0.39, 0.29) is 11.8 Å².